The van der Waals surface area contributed by atoms with Gasteiger partial charge in [0.05, 0.1) is 12.3 Å². The fourth-order valence-corrected chi connectivity index (χ4v) is 10.4. The summed E-state index contributed by atoms with van der Waals surface area (Å²) in [5.41, 5.74) is 8.13. The Balaban J connectivity index is 1.41. The number of carbonyl (C=O) groups excluding carboxylic acids is 7. The van der Waals surface area contributed by atoms with Crippen molar-refractivity contribution in [3.05, 3.63) is 71.9 Å². The van der Waals surface area contributed by atoms with Crippen LogP contribution < -0.4 is 27.0 Å². The van der Waals surface area contributed by atoms with Crippen molar-refractivity contribution in [1.29, 1.82) is 0 Å². The second kappa shape index (κ2) is 28.6. The number of hydrogen-bond donors (Lipinski definition) is 10. The van der Waals surface area contributed by atoms with Crippen molar-refractivity contribution < 1.29 is 58.8 Å². The molecule has 21 nitrogen and oxygen atoms in total. The maximum absolute atomic E-state index is 15.7. The zero-order valence-electron chi connectivity index (χ0n) is 43.1. The zero-order chi connectivity index (χ0) is 54.0. The van der Waals surface area contributed by atoms with Crippen LogP contribution in [0.25, 0.3) is 10.9 Å². The number of nitrogens with two attached hydrogens (primary N) is 1. The van der Waals surface area contributed by atoms with E-state index in [1.165, 1.54) is 4.90 Å². The summed E-state index contributed by atoms with van der Waals surface area (Å²) >= 11 is 0. The van der Waals surface area contributed by atoms with Crippen LogP contribution in [-0.4, -0.2) is 163 Å². The smallest absolute Gasteiger partial charge is 0.261 e. The Labute approximate surface area is 437 Å². The highest BCUT2D eigenvalue weighted by molar-refractivity contribution is 6.07. The molecular formula is C54H77N9O12. The van der Waals surface area contributed by atoms with E-state index in [4.69, 9.17) is 10.6 Å². The molecule has 0 bridgehead atoms. The summed E-state index contributed by atoms with van der Waals surface area (Å²) in [5.74, 6) is -5.37. The van der Waals surface area contributed by atoms with Crippen molar-refractivity contribution in [3.63, 3.8) is 0 Å². The highest BCUT2D eigenvalue weighted by Crippen LogP contribution is 2.29. The van der Waals surface area contributed by atoms with Crippen LogP contribution in [-0.2, 0) is 51.2 Å². The second-order valence-electron chi connectivity index (χ2n) is 20.1. The van der Waals surface area contributed by atoms with Crippen molar-refractivity contribution in [3.8, 4) is 0 Å². The van der Waals surface area contributed by atoms with Crippen molar-refractivity contribution in [2.45, 2.75) is 177 Å². The largest absolute Gasteiger partial charge is 0.390 e. The maximum Gasteiger partial charge on any atom is 0.261 e. The van der Waals surface area contributed by atoms with Gasteiger partial charge in [0.2, 0.25) is 23.6 Å². The fraction of sp³-hybridized carbons (Fsp3) is 0.593. The summed E-state index contributed by atoms with van der Waals surface area (Å²) in [5, 5.41) is 56.4. The number of aromatic amines is 1. The Morgan fingerprint density at radius 1 is 0.813 bits per heavy atom. The first-order valence-electron chi connectivity index (χ1n) is 26.7. The molecule has 7 amide bonds. The van der Waals surface area contributed by atoms with Crippen molar-refractivity contribution in [2.24, 2.45) is 16.8 Å². The summed E-state index contributed by atoms with van der Waals surface area (Å²) in [6.45, 7) is 2.77. The number of carbonyl (C=O) groups is 7. The Bertz CT molecular complexity index is 2410. The lowest BCUT2D eigenvalue weighted by molar-refractivity contribution is -0.159. The van der Waals surface area contributed by atoms with Crippen LogP contribution >= 0.6 is 0 Å². The number of nitrogens with one attached hydrogen (secondary N) is 5. The van der Waals surface area contributed by atoms with E-state index >= 15 is 14.4 Å². The van der Waals surface area contributed by atoms with Gasteiger partial charge in [-0.2, -0.15) is 0 Å². The van der Waals surface area contributed by atoms with Crippen LogP contribution in [0.3, 0.4) is 0 Å². The lowest BCUT2D eigenvalue weighted by Gasteiger charge is -2.37. The molecular weight excluding hydrogens is 967 g/mol. The number of aromatic nitrogens is 1. The zero-order valence-corrected chi connectivity index (χ0v) is 43.1. The third-order valence-corrected chi connectivity index (χ3v) is 14.6. The molecule has 3 aromatic rings. The van der Waals surface area contributed by atoms with E-state index in [0.717, 1.165) is 54.1 Å². The minimum Gasteiger partial charge on any atom is -0.390 e. The van der Waals surface area contributed by atoms with Gasteiger partial charge in [0.15, 0.2) is 6.61 Å². The van der Waals surface area contributed by atoms with Gasteiger partial charge in [0, 0.05) is 36.5 Å². The van der Waals surface area contributed by atoms with Crippen molar-refractivity contribution in [1.82, 2.24) is 36.1 Å². The summed E-state index contributed by atoms with van der Waals surface area (Å²) in [7, 11) is 0. The molecule has 21 heteroatoms. The van der Waals surface area contributed by atoms with Gasteiger partial charge in [-0.1, -0.05) is 112 Å². The molecule has 1 saturated carbocycles. The van der Waals surface area contributed by atoms with E-state index in [2.05, 4.69) is 31.4 Å². The van der Waals surface area contributed by atoms with Crippen LogP contribution in [0.15, 0.2) is 65.9 Å². The molecule has 3 fully saturated rings. The molecule has 75 heavy (non-hydrogen) atoms. The number of H-pyrrole nitrogens is 1. The molecule has 2 aromatic carbocycles. The Hall–Kier alpha value is -6.26. The van der Waals surface area contributed by atoms with Crippen LogP contribution in [0.5, 0.6) is 0 Å². The lowest BCUT2D eigenvalue weighted by atomic mass is 9.84. The predicted octanol–water partition coefficient (Wildman–Crippen LogP) is 1.38. The molecule has 0 radical (unpaired) electrons. The van der Waals surface area contributed by atoms with Crippen molar-refractivity contribution in [2.75, 3.05) is 19.7 Å². The van der Waals surface area contributed by atoms with Gasteiger partial charge in [-0.25, -0.2) is 0 Å². The summed E-state index contributed by atoms with van der Waals surface area (Å²) in [6.07, 6.45) is 2.32. The quantitative estimate of drug-likeness (QED) is 0.0503. The first kappa shape index (κ1) is 58.0. The molecule has 2 saturated heterocycles. The lowest BCUT2D eigenvalue weighted by Crippen LogP contribution is -2.64. The normalized spacial score (nSPS) is 23.6. The van der Waals surface area contributed by atoms with Gasteiger partial charge in [-0.3, -0.25) is 38.5 Å². The van der Waals surface area contributed by atoms with Gasteiger partial charge in [-0.05, 0) is 74.6 Å². The number of fused-ring (bicyclic) bond motifs is 2. The molecule has 0 spiro atoms. The number of para-hydroxylation sites is 1. The standard InChI is InChI=1S/C54H77N9O12/c1-3-5-21-38-52(72)63(53(73)41(28-34-18-10-7-11-19-34)58-46(66)32-75-57-31-45(65)48(68)47(67)44(64)4-2)43(23-14-25-55)54(74)62-26-15-24-42(62)51(71)61-39(27-33-16-8-6-9-17-33)49(69)60-40(50(70)59-38)29-35-30-56-37-22-13-12-20-36(35)37/h7,10-13,18-20,22,30-31,33,38-45,47-48,56,64-65,67-68H,3-6,8-9,14-17,21,23-29,32,55H2,1-2H3,(H,58,66)(H,59,70)(H,60,69)(H,61,71)/b57-31+/t38-,39-,40-,41-,42-,43-,44?,45?,47?,48?/m0/s1. The summed E-state index contributed by atoms with van der Waals surface area (Å²) < 4.78 is 0. The van der Waals surface area contributed by atoms with Gasteiger partial charge < -0.3 is 62.1 Å². The molecule has 11 N–H and O–H groups in total. The Morgan fingerprint density at radius 2 is 1.51 bits per heavy atom. The Morgan fingerprint density at radius 3 is 2.23 bits per heavy atom. The van der Waals surface area contributed by atoms with Crippen LogP contribution in [0, 0.1) is 5.92 Å². The maximum atomic E-state index is 15.7. The third kappa shape index (κ3) is 15.7. The van der Waals surface area contributed by atoms with E-state index in [1.807, 2.05) is 31.2 Å². The number of oxime groups is 1. The van der Waals surface area contributed by atoms with Crippen molar-refractivity contribution >= 4 is 58.5 Å². The number of imide groups is 1. The first-order chi connectivity index (χ1) is 36.1. The molecule has 410 valence electrons. The average Bonchev–Trinajstić information content (AvgIpc) is 4.09. The average molecular weight is 1040 g/mol. The molecule has 3 aliphatic rings. The van der Waals surface area contributed by atoms with Crippen LogP contribution in [0.2, 0.25) is 0 Å². The highest BCUT2D eigenvalue weighted by Gasteiger charge is 2.47. The SMILES string of the molecule is CCCC[C@@H]1NC(=O)[C@H](Cc2c[nH]c3ccccc23)NC(=O)[C@H](CC2CCCCC2)NC(=O)[C@@H]2CCCN2C(=O)[C@H](CCCN)N(C(=O)[C@H](Cc2ccccc2)NC(=O)CO/N=C/C(O)C(O)C(O)C(O)CC)C1=O. The van der Waals surface area contributed by atoms with E-state index < -0.39 is 109 Å². The number of aliphatic hydroxyl groups excluding tert-OH is 4. The molecule has 1 aliphatic carbocycles. The topological polar surface area (TPSA) is 318 Å². The summed E-state index contributed by atoms with van der Waals surface area (Å²) in [4.78, 5) is 115. The van der Waals surface area contributed by atoms with E-state index in [1.54, 1.807) is 43.5 Å². The first-order valence-corrected chi connectivity index (χ1v) is 26.7. The molecule has 6 rings (SSSR count). The van der Waals surface area contributed by atoms with Gasteiger partial charge in [0.25, 0.3) is 17.7 Å². The number of benzene rings is 2. The fourth-order valence-electron chi connectivity index (χ4n) is 10.4. The molecule has 4 unspecified atom stereocenters. The van der Waals surface area contributed by atoms with E-state index in [-0.39, 0.29) is 64.0 Å². The number of rotatable bonds is 22. The molecule has 3 heterocycles. The second-order valence-corrected chi connectivity index (χ2v) is 20.1. The number of hydrogen-bond acceptors (Lipinski definition) is 14. The minimum atomic E-state index is -1.84. The minimum absolute atomic E-state index is 0.0161. The number of amides is 7. The number of aliphatic hydroxyl groups is 4. The van der Waals surface area contributed by atoms with Crippen LogP contribution in [0.1, 0.15) is 115 Å². The van der Waals surface area contributed by atoms with Gasteiger partial charge in [0.1, 0.15) is 54.6 Å². The molecule has 2 aliphatic heterocycles. The Kier molecular flexibility index (Phi) is 22.1. The van der Waals surface area contributed by atoms with Gasteiger partial charge in [-0.15, -0.1) is 0 Å². The van der Waals surface area contributed by atoms with E-state index in [0.29, 0.717) is 36.8 Å². The molecule has 10 atom stereocenters. The highest BCUT2D eigenvalue weighted by atomic mass is 16.6. The van der Waals surface area contributed by atoms with Gasteiger partial charge >= 0.3 is 0 Å². The van der Waals surface area contributed by atoms with Crippen LogP contribution in [0.4, 0.5) is 0 Å². The monoisotopic (exact) mass is 1040 g/mol. The number of unbranched alkanes of at least 4 members (excludes halogenated alkanes) is 1. The summed E-state index contributed by atoms with van der Waals surface area (Å²) in [6, 6.07) is 8.10. The number of nitrogens with zero attached hydrogens (tertiary/aromatic N) is 3. The molecule has 1 aromatic heterocycles. The third-order valence-electron chi connectivity index (χ3n) is 14.6. The van der Waals surface area contributed by atoms with E-state index in [9.17, 15) is 39.6 Å². The predicted molar refractivity (Wildman–Crippen MR) is 278 cm³/mol.